The van der Waals surface area contributed by atoms with Gasteiger partial charge in [-0.15, -0.1) is 36.2 Å². The summed E-state index contributed by atoms with van der Waals surface area (Å²) in [7, 11) is -2.95. The van der Waals surface area contributed by atoms with Crippen molar-refractivity contribution >= 4 is 77.4 Å². The molecule has 1 fully saturated rings. The molecule has 18 heteroatoms. The molecule has 1 aliphatic rings. The van der Waals surface area contributed by atoms with E-state index in [-0.39, 0.29) is 49.8 Å². The lowest BCUT2D eigenvalue weighted by Crippen LogP contribution is -2.34. The number of methoxy groups -OCH3 is 1. The molecule has 0 spiro atoms. The van der Waals surface area contributed by atoms with E-state index >= 15 is 0 Å². The molecule has 5 rings (SSSR count). The van der Waals surface area contributed by atoms with Crippen LogP contribution in [0.3, 0.4) is 0 Å². The number of halogens is 3. The van der Waals surface area contributed by atoms with E-state index in [1.807, 2.05) is 0 Å². The van der Waals surface area contributed by atoms with Crippen LogP contribution in [0.25, 0.3) is 10.9 Å². The lowest BCUT2D eigenvalue weighted by Gasteiger charge is -2.24. The fourth-order valence-electron chi connectivity index (χ4n) is 4.93. The highest BCUT2D eigenvalue weighted by Gasteiger charge is 2.27. The second-order valence-corrected chi connectivity index (χ2v) is 12.4. The number of nitrogens with zero attached hydrogens (tertiary/aromatic N) is 4. The Kier molecular flexibility index (Phi) is 13.9. The number of likely N-dealkylation sites (tertiary alicyclic amines) is 1. The second kappa shape index (κ2) is 17.1. The van der Waals surface area contributed by atoms with Gasteiger partial charge in [0.2, 0.25) is 5.91 Å². The quantitative estimate of drug-likeness (QED) is 0.0977. The third kappa shape index (κ3) is 10.4. The molecule has 250 valence electrons. The third-order valence-corrected chi connectivity index (χ3v) is 8.32. The summed E-state index contributed by atoms with van der Waals surface area (Å²) in [6.45, 7) is 1.93. The fourth-order valence-corrected chi connectivity index (χ4v) is 6.10. The Balaban J connectivity index is 0.00000288. The average molecular weight is 720 g/mol. The first-order chi connectivity index (χ1) is 21.2. The summed E-state index contributed by atoms with van der Waals surface area (Å²) in [5.41, 5.74) is 1.01. The van der Waals surface area contributed by atoms with Gasteiger partial charge in [-0.25, -0.2) is 23.9 Å². The van der Waals surface area contributed by atoms with Crippen LogP contribution in [0.15, 0.2) is 48.9 Å². The second-order valence-electron chi connectivity index (χ2n) is 10.1. The van der Waals surface area contributed by atoms with Crippen LogP contribution < -0.4 is 20.1 Å². The molecule has 0 bridgehead atoms. The molecule has 46 heavy (non-hydrogen) atoms. The van der Waals surface area contributed by atoms with Gasteiger partial charge in [0.15, 0.2) is 16.6 Å². The molecule has 0 radical (unpaired) electrons. The molecular weight excluding hydrogens is 685 g/mol. The maximum Gasteiger partial charge on any atom is 0.469 e. The number of thiazole rings is 1. The van der Waals surface area contributed by atoms with Crippen LogP contribution >= 0.6 is 44.0 Å². The van der Waals surface area contributed by atoms with E-state index in [0.717, 1.165) is 19.4 Å². The molecule has 0 saturated carbocycles. The maximum absolute atomic E-state index is 13.4. The Morgan fingerprint density at radius 2 is 2.00 bits per heavy atom. The first-order valence-corrected chi connectivity index (χ1v) is 16.2. The number of nitrogens with one attached hydrogen (secondary N) is 2. The SMILES string of the molecule is COc1cc2c(Nc3ncc(CC(=O)Nc4cccc(F)c4)s3)ncnc2cc1OCCCN1CCC[C@H]1COP(=O)(O)O.Cl.Cl. The van der Waals surface area contributed by atoms with Crippen molar-refractivity contribution in [2.24, 2.45) is 0 Å². The highest BCUT2D eigenvalue weighted by atomic mass is 35.5. The highest BCUT2D eigenvalue weighted by Crippen LogP contribution is 2.37. The predicted octanol–water partition coefficient (Wildman–Crippen LogP) is 5.35. The lowest BCUT2D eigenvalue weighted by molar-refractivity contribution is -0.115. The van der Waals surface area contributed by atoms with Crippen molar-refractivity contribution < 1.29 is 37.5 Å². The highest BCUT2D eigenvalue weighted by molar-refractivity contribution is 7.46. The number of phosphoric acid groups is 1. The summed E-state index contributed by atoms with van der Waals surface area (Å²) >= 11 is 1.30. The molecule has 13 nitrogen and oxygen atoms in total. The van der Waals surface area contributed by atoms with Crippen LogP contribution in [0.2, 0.25) is 0 Å². The molecule has 2 aromatic heterocycles. The smallest absolute Gasteiger partial charge is 0.469 e. The Bertz CT molecular complexity index is 1670. The summed E-state index contributed by atoms with van der Waals surface area (Å²) < 4.78 is 40.8. The van der Waals surface area contributed by atoms with E-state index < -0.39 is 13.6 Å². The van der Waals surface area contributed by atoms with Crippen LogP contribution in [0, 0.1) is 5.82 Å². The standard InChI is InChI=1S/C28H32FN6O7PS.2ClH/c1-40-24-13-22-23(14-25(24)41-10-4-9-35-8-3-7-20(35)16-42-43(37,38)39)31-17-32-27(22)34-28-30-15-21(44-28)12-26(36)33-19-6-2-5-18(29)11-19;;/h2,5-6,11,13-15,17,20H,3-4,7-10,12,16H2,1H3,(H,33,36)(H2,37,38,39)(H,30,31,32,34);2*1H/t20-;;/m0../s1. The van der Waals surface area contributed by atoms with Gasteiger partial charge in [-0.1, -0.05) is 6.07 Å². The zero-order valence-corrected chi connectivity index (χ0v) is 28.0. The van der Waals surface area contributed by atoms with Gasteiger partial charge in [-0.05, 0) is 50.1 Å². The van der Waals surface area contributed by atoms with E-state index in [4.69, 9.17) is 23.8 Å². The van der Waals surface area contributed by atoms with Gasteiger partial charge in [0.25, 0.3) is 0 Å². The van der Waals surface area contributed by atoms with Crippen LogP contribution in [0.4, 0.5) is 21.0 Å². The van der Waals surface area contributed by atoms with Crippen molar-refractivity contribution in [3.63, 3.8) is 0 Å². The zero-order valence-electron chi connectivity index (χ0n) is 24.6. The number of ether oxygens (including phenoxy) is 2. The van der Waals surface area contributed by atoms with Gasteiger partial charge in [-0.3, -0.25) is 14.2 Å². The number of fused-ring (bicyclic) bond motifs is 1. The number of anilines is 3. The van der Waals surface area contributed by atoms with Gasteiger partial charge in [-0.2, -0.15) is 0 Å². The number of hydrogen-bond donors (Lipinski definition) is 4. The average Bonchev–Trinajstić information content (AvgIpc) is 3.62. The molecule has 1 atom stereocenters. The van der Waals surface area contributed by atoms with Crippen molar-refractivity contribution in [2.45, 2.75) is 31.7 Å². The summed E-state index contributed by atoms with van der Waals surface area (Å²) in [5, 5.41) is 7.08. The van der Waals surface area contributed by atoms with Gasteiger partial charge >= 0.3 is 7.82 Å². The Labute approximate surface area is 281 Å². The van der Waals surface area contributed by atoms with Crippen LogP contribution in [-0.4, -0.2) is 75.0 Å². The zero-order chi connectivity index (χ0) is 31.1. The third-order valence-electron chi connectivity index (χ3n) is 6.92. The van der Waals surface area contributed by atoms with Crippen LogP contribution in [-0.2, 0) is 20.3 Å². The number of benzene rings is 2. The van der Waals surface area contributed by atoms with Crippen molar-refractivity contribution in [1.29, 1.82) is 0 Å². The summed E-state index contributed by atoms with van der Waals surface area (Å²) in [4.78, 5) is 46.4. The van der Waals surface area contributed by atoms with Crippen molar-refractivity contribution in [1.82, 2.24) is 19.9 Å². The number of carbonyl (C=O) groups excluding carboxylic acids is 1. The van der Waals surface area contributed by atoms with Gasteiger partial charge < -0.3 is 29.9 Å². The minimum Gasteiger partial charge on any atom is -0.493 e. The fraction of sp³-hybridized carbons (Fsp3) is 0.357. The summed E-state index contributed by atoms with van der Waals surface area (Å²) in [6.07, 6.45) is 5.56. The van der Waals surface area contributed by atoms with Crippen molar-refractivity contribution in [3.05, 3.63) is 59.6 Å². The van der Waals surface area contributed by atoms with E-state index in [2.05, 4.69) is 30.5 Å². The number of rotatable bonds is 14. The summed E-state index contributed by atoms with van der Waals surface area (Å²) in [5.74, 6) is 0.806. The van der Waals surface area contributed by atoms with E-state index in [1.54, 1.807) is 31.5 Å². The molecule has 4 N–H and O–H groups in total. The molecule has 2 aromatic carbocycles. The molecule has 1 amide bonds. The van der Waals surface area contributed by atoms with Gasteiger partial charge in [0.1, 0.15) is 18.0 Å². The first-order valence-electron chi connectivity index (χ1n) is 13.8. The molecule has 1 aliphatic heterocycles. The predicted molar refractivity (Wildman–Crippen MR) is 177 cm³/mol. The molecule has 4 aromatic rings. The number of phosphoric ester groups is 1. The molecule has 0 unspecified atom stereocenters. The number of carbonyl (C=O) groups is 1. The largest absolute Gasteiger partial charge is 0.493 e. The Morgan fingerprint density at radius 3 is 2.76 bits per heavy atom. The normalized spacial score (nSPS) is 14.7. The lowest BCUT2D eigenvalue weighted by atomic mass is 10.2. The minimum atomic E-state index is -4.49. The Hall–Kier alpha value is -3.14. The number of amides is 1. The summed E-state index contributed by atoms with van der Waals surface area (Å²) in [6, 6.07) is 9.23. The van der Waals surface area contributed by atoms with E-state index in [0.29, 0.717) is 63.5 Å². The molecular formula is C28H34Cl2FN6O7PS. The van der Waals surface area contributed by atoms with Crippen LogP contribution in [0.1, 0.15) is 24.1 Å². The van der Waals surface area contributed by atoms with E-state index in [9.17, 15) is 13.8 Å². The van der Waals surface area contributed by atoms with Crippen molar-refractivity contribution in [3.8, 4) is 11.5 Å². The van der Waals surface area contributed by atoms with Crippen molar-refractivity contribution in [2.75, 3.05) is 44.0 Å². The van der Waals surface area contributed by atoms with E-state index in [1.165, 1.54) is 35.9 Å². The number of hydrogen-bond acceptors (Lipinski definition) is 11. The number of aromatic nitrogens is 3. The van der Waals surface area contributed by atoms with Gasteiger partial charge in [0, 0.05) is 40.8 Å². The first kappa shape index (κ1) is 37.3. The monoisotopic (exact) mass is 718 g/mol. The topological polar surface area (TPSA) is 168 Å². The maximum atomic E-state index is 13.4. The molecule has 3 heterocycles. The molecule has 0 aliphatic carbocycles. The minimum absolute atomic E-state index is 0. The molecule has 1 saturated heterocycles. The Morgan fingerprint density at radius 1 is 1.17 bits per heavy atom. The van der Waals surface area contributed by atoms with Crippen LogP contribution in [0.5, 0.6) is 11.5 Å². The van der Waals surface area contributed by atoms with Gasteiger partial charge in [0.05, 0.1) is 32.3 Å².